The quantitative estimate of drug-likeness (QED) is 0.370. The predicted molar refractivity (Wildman–Crippen MR) is 80.9 cm³/mol. The van der Waals surface area contributed by atoms with Crippen molar-refractivity contribution in [2.45, 2.75) is 36.8 Å². The fourth-order valence-electron chi connectivity index (χ4n) is 2.52. The van der Waals surface area contributed by atoms with E-state index < -0.39 is 48.7 Å². The van der Waals surface area contributed by atoms with Crippen LogP contribution in [0.25, 0.3) is 6.08 Å². The third-order valence-electron chi connectivity index (χ3n) is 3.81. The van der Waals surface area contributed by atoms with Gasteiger partial charge < -0.3 is 30.3 Å². The summed E-state index contributed by atoms with van der Waals surface area (Å²) in [5, 5.41) is 47.7. The Balaban J connectivity index is 1.98. The Morgan fingerprint density at radius 2 is 1.67 bits per heavy atom. The second-order valence-corrected chi connectivity index (χ2v) is 5.71. The van der Waals surface area contributed by atoms with E-state index in [0.29, 0.717) is 5.56 Å². The summed E-state index contributed by atoms with van der Waals surface area (Å²) in [5.74, 6) is -2.32. The number of hydrogen-bond donors (Lipinski definition) is 5. The zero-order valence-corrected chi connectivity index (χ0v) is 12.6. The number of esters is 1. The molecule has 0 bridgehead atoms. The maximum Gasteiger partial charge on any atom is 0.335 e. The fraction of sp³-hybridized carbons (Fsp3) is 0.375. The molecule has 1 saturated carbocycles. The molecule has 0 amide bonds. The number of aliphatic hydroxyl groups excluding tert-OH is 2. The molecule has 5 N–H and O–H groups in total. The molecular weight excluding hydrogens is 320 g/mol. The second kappa shape index (κ2) is 7.00. The van der Waals surface area contributed by atoms with Crippen LogP contribution in [0.2, 0.25) is 0 Å². The van der Waals surface area contributed by atoms with Crippen molar-refractivity contribution in [2.75, 3.05) is 0 Å². The molecule has 2 unspecified atom stereocenters. The number of phenolic OH excluding ortho intramolecular Hbond substituents is 1. The van der Waals surface area contributed by atoms with Crippen molar-refractivity contribution in [3.8, 4) is 5.75 Å². The molecule has 1 aliphatic carbocycles. The largest absolute Gasteiger partial charge is 0.508 e. The number of carboxylic acids is 1. The van der Waals surface area contributed by atoms with E-state index in [1.54, 1.807) is 12.1 Å². The molecule has 1 aromatic rings. The molecule has 8 heteroatoms. The van der Waals surface area contributed by atoms with Gasteiger partial charge in [-0.3, -0.25) is 0 Å². The van der Waals surface area contributed by atoms with Gasteiger partial charge >= 0.3 is 11.9 Å². The van der Waals surface area contributed by atoms with Crippen LogP contribution >= 0.6 is 0 Å². The molecule has 1 fully saturated rings. The molecule has 130 valence electrons. The van der Waals surface area contributed by atoms with Gasteiger partial charge in [-0.2, -0.15) is 0 Å². The van der Waals surface area contributed by atoms with Gasteiger partial charge in [0.1, 0.15) is 5.75 Å². The van der Waals surface area contributed by atoms with E-state index in [4.69, 9.17) is 14.9 Å². The summed E-state index contributed by atoms with van der Waals surface area (Å²) in [6.07, 6.45) is -2.98. The number of hydrogen-bond acceptors (Lipinski definition) is 7. The minimum Gasteiger partial charge on any atom is -0.508 e. The number of phenols is 1. The monoisotopic (exact) mass is 338 g/mol. The zero-order chi connectivity index (χ0) is 17.9. The molecule has 0 aliphatic heterocycles. The van der Waals surface area contributed by atoms with Gasteiger partial charge in [-0.25, -0.2) is 9.59 Å². The van der Waals surface area contributed by atoms with Crippen molar-refractivity contribution < 1.29 is 39.9 Å². The van der Waals surface area contributed by atoms with Gasteiger partial charge in [-0.15, -0.1) is 0 Å². The van der Waals surface area contributed by atoms with E-state index in [9.17, 15) is 24.9 Å². The number of aliphatic hydroxyl groups is 3. The lowest BCUT2D eigenvalue weighted by atomic mass is 9.79. The number of benzene rings is 1. The third-order valence-corrected chi connectivity index (χ3v) is 3.81. The topological polar surface area (TPSA) is 145 Å². The number of carbonyl (C=O) groups is 2. The van der Waals surface area contributed by atoms with Gasteiger partial charge in [0.25, 0.3) is 0 Å². The van der Waals surface area contributed by atoms with Crippen LogP contribution in [-0.2, 0) is 14.3 Å². The summed E-state index contributed by atoms with van der Waals surface area (Å²) in [5.41, 5.74) is -1.64. The SMILES string of the molecule is O=C(C=Cc1ccc(O)cc1)OC1C(O)CC(O)(C(=O)O)CC1O. The Bertz CT molecular complexity index is 624. The lowest BCUT2D eigenvalue weighted by Gasteiger charge is -2.39. The highest BCUT2D eigenvalue weighted by atomic mass is 16.6. The smallest absolute Gasteiger partial charge is 0.335 e. The molecule has 24 heavy (non-hydrogen) atoms. The highest BCUT2D eigenvalue weighted by Crippen LogP contribution is 2.31. The Kier molecular flexibility index (Phi) is 5.23. The van der Waals surface area contributed by atoms with E-state index in [1.165, 1.54) is 18.2 Å². The van der Waals surface area contributed by atoms with Crippen molar-refractivity contribution in [3.05, 3.63) is 35.9 Å². The zero-order valence-electron chi connectivity index (χ0n) is 12.6. The Hall–Kier alpha value is -2.42. The second-order valence-electron chi connectivity index (χ2n) is 5.71. The van der Waals surface area contributed by atoms with Gasteiger partial charge in [-0.1, -0.05) is 12.1 Å². The summed E-state index contributed by atoms with van der Waals surface area (Å²) in [6.45, 7) is 0. The number of aliphatic carboxylic acids is 1. The summed E-state index contributed by atoms with van der Waals surface area (Å²) < 4.78 is 4.96. The minimum atomic E-state index is -2.26. The van der Waals surface area contributed by atoms with Crippen molar-refractivity contribution in [3.63, 3.8) is 0 Å². The number of rotatable bonds is 4. The molecule has 2 rings (SSSR count). The number of carbonyl (C=O) groups excluding carboxylic acids is 1. The van der Waals surface area contributed by atoms with Gasteiger partial charge in [0.15, 0.2) is 11.7 Å². The normalized spacial score (nSPS) is 30.2. The molecule has 0 aromatic heterocycles. The first-order chi connectivity index (χ1) is 11.2. The van der Waals surface area contributed by atoms with Crippen molar-refractivity contribution >= 4 is 18.0 Å². The highest BCUT2D eigenvalue weighted by Gasteiger charge is 2.50. The van der Waals surface area contributed by atoms with E-state index in [-0.39, 0.29) is 5.75 Å². The van der Waals surface area contributed by atoms with Gasteiger partial charge in [-0.05, 0) is 23.8 Å². The van der Waals surface area contributed by atoms with E-state index >= 15 is 0 Å². The maximum absolute atomic E-state index is 11.8. The first-order valence-electron chi connectivity index (χ1n) is 7.21. The van der Waals surface area contributed by atoms with Gasteiger partial charge in [0.2, 0.25) is 0 Å². The van der Waals surface area contributed by atoms with Crippen LogP contribution in [0.3, 0.4) is 0 Å². The Morgan fingerprint density at radius 3 is 2.17 bits per heavy atom. The number of ether oxygens (including phenoxy) is 1. The number of aromatic hydroxyl groups is 1. The molecule has 1 aliphatic rings. The molecule has 0 heterocycles. The summed E-state index contributed by atoms with van der Waals surface area (Å²) in [7, 11) is 0. The van der Waals surface area contributed by atoms with Crippen LogP contribution < -0.4 is 0 Å². The predicted octanol–water partition coefficient (Wildman–Crippen LogP) is -0.352. The molecule has 8 nitrogen and oxygen atoms in total. The average Bonchev–Trinajstić information content (AvgIpc) is 2.50. The fourth-order valence-corrected chi connectivity index (χ4v) is 2.52. The minimum absolute atomic E-state index is 0.0779. The van der Waals surface area contributed by atoms with Crippen LogP contribution in [0, 0.1) is 0 Å². The van der Waals surface area contributed by atoms with Crippen LogP contribution in [0.15, 0.2) is 30.3 Å². The molecule has 0 radical (unpaired) electrons. The standard InChI is InChI=1S/C16H18O8/c17-10-4-1-9(2-5-10)3-6-13(20)24-14-11(18)7-16(23,15(21)22)8-12(14)19/h1-6,11-12,14,17-19,23H,7-8H2,(H,21,22). The lowest BCUT2D eigenvalue weighted by Crippen LogP contribution is -2.57. The number of carboxylic acid groups (broad SMARTS) is 1. The summed E-state index contributed by atoms with van der Waals surface area (Å²) in [4.78, 5) is 22.7. The Morgan fingerprint density at radius 1 is 1.12 bits per heavy atom. The molecule has 0 spiro atoms. The van der Waals surface area contributed by atoms with Crippen LogP contribution in [0.4, 0.5) is 0 Å². The van der Waals surface area contributed by atoms with Crippen molar-refractivity contribution in [1.82, 2.24) is 0 Å². The van der Waals surface area contributed by atoms with Crippen molar-refractivity contribution in [1.29, 1.82) is 0 Å². The van der Waals surface area contributed by atoms with Crippen molar-refractivity contribution in [2.24, 2.45) is 0 Å². The van der Waals surface area contributed by atoms with E-state index in [0.717, 1.165) is 6.08 Å². The molecule has 2 atom stereocenters. The Labute approximate surface area is 137 Å². The van der Waals surface area contributed by atoms with Crippen LogP contribution in [0.5, 0.6) is 5.75 Å². The molecule has 1 aromatic carbocycles. The molecule has 0 saturated heterocycles. The van der Waals surface area contributed by atoms with Crippen LogP contribution in [0.1, 0.15) is 18.4 Å². The lowest BCUT2D eigenvalue weighted by molar-refractivity contribution is -0.196. The summed E-state index contributed by atoms with van der Waals surface area (Å²) in [6, 6.07) is 6.01. The summed E-state index contributed by atoms with van der Waals surface area (Å²) >= 11 is 0. The first kappa shape index (κ1) is 17.9. The maximum atomic E-state index is 11.8. The molecular formula is C16H18O8. The van der Waals surface area contributed by atoms with E-state index in [2.05, 4.69) is 0 Å². The van der Waals surface area contributed by atoms with Gasteiger partial charge in [0.05, 0.1) is 12.2 Å². The third kappa shape index (κ3) is 4.10. The highest BCUT2D eigenvalue weighted by molar-refractivity contribution is 5.87. The van der Waals surface area contributed by atoms with Gasteiger partial charge in [0, 0.05) is 18.9 Å². The first-order valence-corrected chi connectivity index (χ1v) is 7.21. The van der Waals surface area contributed by atoms with Crippen LogP contribution in [-0.4, -0.2) is 61.4 Å². The average molecular weight is 338 g/mol. The van der Waals surface area contributed by atoms with E-state index in [1.807, 2.05) is 0 Å².